The lowest BCUT2D eigenvalue weighted by Crippen LogP contribution is -2.15. The van der Waals surface area contributed by atoms with Crippen LogP contribution >= 0.6 is 0 Å². The Morgan fingerprint density at radius 2 is 1.64 bits per heavy atom. The first-order valence-corrected chi connectivity index (χ1v) is 7.56. The molecule has 2 aromatic carbocycles. The van der Waals surface area contributed by atoms with Gasteiger partial charge in [0.1, 0.15) is 0 Å². The summed E-state index contributed by atoms with van der Waals surface area (Å²) >= 11 is 0. The van der Waals surface area contributed by atoms with E-state index in [-0.39, 0.29) is 6.04 Å². The van der Waals surface area contributed by atoms with Gasteiger partial charge in [0.05, 0.1) is 11.7 Å². The molecule has 1 aliphatic rings. The molecule has 0 amide bonds. The second kappa shape index (κ2) is 5.26. The molecule has 0 fully saturated rings. The van der Waals surface area contributed by atoms with Crippen molar-refractivity contribution >= 4 is 12.0 Å². The highest BCUT2D eigenvalue weighted by Crippen LogP contribution is 2.39. The summed E-state index contributed by atoms with van der Waals surface area (Å²) in [6.45, 7) is 2.06. The Morgan fingerprint density at radius 1 is 0.955 bits per heavy atom. The van der Waals surface area contributed by atoms with Gasteiger partial charge in [0.15, 0.2) is 5.82 Å². The van der Waals surface area contributed by atoms with Gasteiger partial charge in [-0.2, -0.15) is 5.10 Å². The van der Waals surface area contributed by atoms with Crippen LogP contribution in [-0.2, 0) is 0 Å². The fourth-order valence-electron chi connectivity index (χ4n) is 3.11. The number of nitrogens with zero attached hydrogens (tertiary/aromatic N) is 3. The Hall–Kier alpha value is -2.68. The average Bonchev–Trinajstić information content (AvgIpc) is 2.92. The number of aliphatic imine (C=N–C) groups is 1. The van der Waals surface area contributed by atoms with Gasteiger partial charge in [-0.15, -0.1) is 0 Å². The van der Waals surface area contributed by atoms with Crippen LogP contribution in [0.4, 0.5) is 5.82 Å². The van der Waals surface area contributed by atoms with Gasteiger partial charge in [0.25, 0.3) is 0 Å². The van der Waals surface area contributed by atoms with Crippen molar-refractivity contribution in [3.8, 4) is 11.1 Å². The molecular weight excluding hydrogens is 270 g/mol. The minimum Gasteiger partial charge on any atom is -0.241 e. The third-order valence-electron chi connectivity index (χ3n) is 4.14. The fraction of sp³-hybridized carbons (Fsp3) is 0.158. The predicted octanol–water partition coefficient (Wildman–Crippen LogP) is 4.55. The third-order valence-corrected chi connectivity index (χ3v) is 4.14. The van der Waals surface area contributed by atoms with E-state index in [9.17, 15) is 0 Å². The van der Waals surface area contributed by atoms with Crippen molar-refractivity contribution in [3.05, 3.63) is 71.9 Å². The first kappa shape index (κ1) is 13.0. The number of benzene rings is 2. The molecule has 108 valence electrons. The van der Waals surface area contributed by atoms with Crippen molar-refractivity contribution in [3.63, 3.8) is 0 Å². The molecule has 0 radical (unpaired) electrons. The minimum atomic E-state index is 0.227. The van der Waals surface area contributed by atoms with Crippen molar-refractivity contribution in [2.24, 2.45) is 4.99 Å². The van der Waals surface area contributed by atoms with Crippen LogP contribution < -0.4 is 0 Å². The molecule has 3 aromatic rings. The maximum atomic E-state index is 4.79. The lowest BCUT2D eigenvalue weighted by atomic mass is 10.0. The molecule has 2 heterocycles. The van der Waals surface area contributed by atoms with Crippen LogP contribution in [0.15, 0.2) is 65.7 Å². The highest BCUT2D eigenvalue weighted by Gasteiger charge is 2.25. The Kier molecular flexibility index (Phi) is 3.11. The molecule has 0 saturated carbocycles. The molecule has 0 spiro atoms. The molecule has 22 heavy (non-hydrogen) atoms. The van der Waals surface area contributed by atoms with E-state index in [2.05, 4.69) is 65.1 Å². The number of rotatable bonds is 2. The zero-order valence-corrected chi connectivity index (χ0v) is 12.5. The number of hydrogen-bond acceptors (Lipinski definition) is 2. The summed E-state index contributed by atoms with van der Waals surface area (Å²) in [6, 6.07) is 21.1. The summed E-state index contributed by atoms with van der Waals surface area (Å²) in [5.41, 5.74) is 4.61. The standard InChI is InChI=1S/C19H17N3/c1-14-18(16-10-6-3-7-11-16)19-20-13-12-17(22(19)21-14)15-8-4-2-5-9-15/h2-11,13,17H,12H2,1H3/t17-/m0/s1. The lowest BCUT2D eigenvalue weighted by molar-refractivity contribution is 0.533. The monoisotopic (exact) mass is 287 g/mol. The zero-order valence-electron chi connectivity index (χ0n) is 12.5. The zero-order chi connectivity index (χ0) is 14.9. The largest absolute Gasteiger partial charge is 0.241 e. The van der Waals surface area contributed by atoms with E-state index in [4.69, 9.17) is 5.10 Å². The van der Waals surface area contributed by atoms with Crippen LogP contribution in [0.2, 0.25) is 0 Å². The summed E-state index contributed by atoms with van der Waals surface area (Å²) in [5, 5.41) is 4.79. The Bertz CT molecular complexity index is 817. The van der Waals surface area contributed by atoms with Gasteiger partial charge in [0, 0.05) is 18.2 Å². The second-order valence-electron chi connectivity index (χ2n) is 5.57. The minimum absolute atomic E-state index is 0.227. The molecule has 4 rings (SSSR count). The normalized spacial score (nSPS) is 16.5. The SMILES string of the molecule is Cc1nn2c(c1-c1ccccc1)N=CC[C@H]2c1ccccc1. The molecule has 0 unspecified atom stereocenters. The Balaban J connectivity index is 1.87. The molecule has 0 bridgehead atoms. The smallest absolute Gasteiger partial charge is 0.158 e. The van der Waals surface area contributed by atoms with Crippen molar-refractivity contribution < 1.29 is 0 Å². The van der Waals surface area contributed by atoms with Gasteiger partial charge in [0.2, 0.25) is 0 Å². The maximum absolute atomic E-state index is 4.79. The summed E-state index contributed by atoms with van der Waals surface area (Å²) in [5.74, 6) is 0.962. The number of hydrogen-bond donors (Lipinski definition) is 0. The van der Waals surface area contributed by atoms with E-state index in [1.54, 1.807) is 0 Å². The highest BCUT2D eigenvalue weighted by molar-refractivity contribution is 5.80. The van der Waals surface area contributed by atoms with Crippen molar-refractivity contribution in [1.29, 1.82) is 0 Å². The topological polar surface area (TPSA) is 30.2 Å². The molecule has 3 nitrogen and oxygen atoms in total. The number of aromatic nitrogens is 2. The van der Waals surface area contributed by atoms with Crippen LogP contribution in [0.5, 0.6) is 0 Å². The number of aryl methyl sites for hydroxylation is 1. The Labute approximate surface area is 130 Å². The fourth-order valence-corrected chi connectivity index (χ4v) is 3.11. The van der Waals surface area contributed by atoms with Gasteiger partial charge < -0.3 is 0 Å². The highest BCUT2D eigenvalue weighted by atomic mass is 15.3. The molecule has 0 aliphatic carbocycles. The summed E-state index contributed by atoms with van der Waals surface area (Å²) in [7, 11) is 0. The van der Waals surface area contributed by atoms with Crippen molar-refractivity contribution in [2.45, 2.75) is 19.4 Å². The van der Waals surface area contributed by atoms with E-state index < -0.39 is 0 Å². The predicted molar refractivity (Wildman–Crippen MR) is 89.8 cm³/mol. The first-order valence-electron chi connectivity index (χ1n) is 7.56. The van der Waals surface area contributed by atoms with Gasteiger partial charge in [-0.25, -0.2) is 9.67 Å². The van der Waals surface area contributed by atoms with E-state index in [1.165, 1.54) is 11.1 Å². The molecular formula is C19H17N3. The Morgan fingerprint density at radius 3 is 2.36 bits per heavy atom. The van der Waals surface area contributed by atoms with E-state index in [0.717, 1.165) is 23.5 Å². The lowest BCUT2D eigenvalue weighted by Gasteiger charge is -2.21. The van der Waals surface area contributed by atoms with Crippen LogP contribution in [0.1, 0.15) is 23.7 Å². The number of fused-ring (bicyclic) bond motifs is 1. The molecule has 3 heteroatoms. The van der Waals surface area contributed by atoms with Crippen LogP contribution in [-0.4, -0.2) is 16.0 Å². The molecule has 1 aliphatic heterocycles. The van der Waals surface area contributed by atoms with Crippen molar-refractivity contribution in [1.82, 2.24) is 9.78 Å². The van der Waals surface area contributed by atoms with Crippen LogP contribution in [0.3, 0.4) is 0 Å². The molecule has 1 atom stereocenters. The summed E-state index contributed by atoms with van der Waals surface area (Å²) in [6.07, 6.45) is 2.90. The van der Waals surface area contributed by atoms with Gasteiger partial charge in [-0.3, -0.25) is 0 Å². The third kappa shape index (κ3) is 2.06. The quantitative estimate of drug-likeness (QED) is 0.680. The molecule has 0 N–H and O–H groups in total. The van der Waals surface area contributed by atoms with Crippen LogP contribution in [0.25, 0.3) is 11.1 Å². The average molecular weight is 287 g/mol. The summed E-state index contributed by atoms with van der Waals surface area (Å²) in [4.78, 5) is 4.64. The van der Waals surface area contributed by atoms with Gasteiger partial charge >= 0.3 is 0 Å². The van der Waals surface area contributed by atoms with Crippen LogP contribution in [0, 0.1) is 6.92 Å². The van der Waals surface area contributed by atoms with E-state index in [0.29, 0.717) is 0 Å². The first-order chi connectivity index (χ1) is 10.8. The summed E-state index contributed by atoms with van der Waals surface area (Å²) < 4.78 is 2.08. The van der Waals surface area contributed by atoms with E-state index >= 15 is 0 Å². The van der Waals surface area contributed by atoms with Gasteiger partial charge in [-0.1, -0.05) is 60.7 Å². The van der Waals surface area contributed by atoms with Crippen molar-refractivity contribution in [2.75, 3.05) is 0 Å². The van der Waals surface area contributed by atoms with E-state index in [1.807, 2.05) is 18.3 Å². The second-order valence-corrected chi connectivity index (χ2v) is 5.57. The molecule has 1 aromatic heterocycles. The maximum Gasteiger partial charge on any atom is 0.158 e. The molecule has 0 saturated heterocycles. The van der Waals surface area contributed by atoms with Gasteiger partial charge in [-0.05, 0) is 18.1 Å².